The summed E-state index contributed by atoms with van der Waals surface area (Å²) >= 11 is 0. The van der Waals surface area contributed by atoms with Gasteiger partial charge in [0.05, 0.1) is 28.4 Å². The van der Waals surface area contributed by atoms with Crippen molar-refractivity contribution < 1.29 is 18.9 Å². The van der Waals surface area contributed by atoms with Gasteiger partial charge in [-0.05, 0) is 82.4 Å². The molecule has 0 spiro atoms. The quantitative estimate of drug-likeness (QED) is 0.214. The summed E-state index contributed by atoms with van der Waals surface area (Å²) in [7, 11) is 6.83. The fraction of sp³-hybridized carbons (Fsp3) is 0.200. The van der Waals surface area contributed by atoms with Crippen molar-refractivity contribution in [2.45, 2.75) is 13.0 Å². The number of benzene rings is 4. The second-order valence-electron chi connectivity index (χ2n) is 9.73. The topological polar surface area (TPSA) is 40.2 Å². The highest BCUT2D eigenvalue weighted by atomic mass is 16.5. The molecule has 4 aromatic rings. The molecular weight excluding hydrogens is 498 g/mol. The summed E-state index contributed by atoms with van der Waals surface area (Å²) in [4.78, 5) is 2.47. The number of hydrogen-bond donors (Lipinski definition) is 0. The lowest BCUT2D eigenvalue weighted by molar-refractivity contribution is 0.365. The summed E-state index contributed by atoms with van der Waals surface area (Å²) in [6.07, 6.45) is 3.07. The Morgan fingerprint density at radius 3 is 1.70 bits per heavy atom. The van der Waals surface area contributed by atoms with Crippen molar-refractivity contribution in [3.63, 3.8) is 0 Å². The predicted octanol–water partition coefficient (Wildman–Crippen LogP) is 7.27. The van der Waals surface area contributed by atoms with Gasteiger partial charge in [0.1, 0.15) is 23.0 Å². The van der Waals surface area contributed by atoms with Gasteiger partial charge in [-0.25, -0.2) is 0 Å². The lowest BCUT2D eigenvalue weighted by atomic mass is 9.90. The van der Waals surface area contributed by atoms with Crippen LogP contribution in [0.2, 0.25) is 0 Å². The molecule has 0 atom stereocenters. The number of allylic oxidation sites excluding steroid dienone is 3. The standard InChI is InChI=1S/C35H35NO4/c1-37-30-13-5-9-25(17-30)19-35-34(28-12-8-16-33(21-28)40-4)22-29(27-11-7-15-32(20-27)39-3)24-36(35)23-26-10-6-14-31(18-26)38-2/h5-18,20-22H,19,23-24H2,1-4H3. The van der Waals surface area contributed by atoms with E-state index in [1.807, 2.05) is 48.5 Å². The van der Waals surface area contributed by atoms with E-state index < -0.39 is 0 Å². The third kappa shape index (κ3) is 6.15. The zero-order valence-electron chi connectivity index (χ0n) is 23.5. The molecule has 0 radical (unpaired) electrons. The van der Waals surface area contributed by atoms with Crippen molar-refractivity contribution >= 4 is 11.1 Å². The van der Waals surface area contributed by atoms with Crippen molar-refractivity contribution in [2.24, 2.45) is 0 Å². The molecule has 0 saturated carbocycles. The molecule has 1 aliphatic rings. The van der Waals surface area contributed by atoms with E-state index in [-0.39, 0.29) is 0 Å². The molecule has 0 fully saturated rings. The SMILES string of the molecule is COc1cccc(CC2=C(c3cccc(OC)c3)C=C(c3cccc(OC)c3)CN2Cc2cccc(OC)c2)c1. The van der Waals surface area contributed by atoms with E-state index in [0.717, 1.165) is 59.2 Å². The predicted molar refractivity (Wildman–Crippen MR) is 161 cm³/mol. The molecule has 1 aliphatic heterocycles. The molecule has 0 bridgehead atoms. The van der Waals surface area contributed by atoms with Gasteiger partial charge in [0.25, 0.3) is 0 Å². The van der Waals surface area contributed by atoms with Gasteiger partial charge < -0.3 is 23.8 Å². The second-order valence-corrected chi connectivity index (χ2v) is 9.73. The molecule has 0 aromatic heterocycles. The van der Waals surface area contributed by atoms with Crippen LogP contribution in [0.4, 0.5) is 0 Å². The van der Waals surface area contributed by atoms with Crippen molar-refractivity contribution in [1.82, 2.24) is 4.90 Å². The molecule has 5 rings (SSSR count). The molecule has 40 heavy (non-hydrogen) atoms. The van der Waals surface area contributed by atoms with Gasteiger partial charge in [0.2, 0.25) is 0 Å². The highest BCUT2D eigenvalue weighted by Gasteiger charge is 2.24. The Morgan fingerprint density at radius 1 is 0.575 bits per heavy atom. The molecule has 0 amide bonds. The third-order valence-electron chi connectivity index (χ3n) is 7.21. The fourth-order valence-corrected chi connectivity index (χ4v) is 5.14. The highest BCUT2D eigenvalue weighted by molar-refractivity contribution is 5.88. The molecular formula is C35H35NO4. The van der Waals surface area contributed by atoms with Crippen molar-refractivity contribution in [3.05, 3.63) is 131 Å². The molecule has 1 heterocycles. The van der Waals surface area contributed by atoms with E-state index in [0.29, 0.717) is 0 Å². The largest absolute Gasteiger partial charge is 0.497 e. The Balaban J connectivity index is 1.68. The Morgan fingerprint density at radius 2 is 1.07 bits per heavy atom. The average molecular weight is 534 g/mol. The van der Waals surface area contributed by atoms with Crippen LogP contribution in [0.25, 0.3) is 11.1 Å². The first-order chi connectivity index (χ1) is 19.6. The monoisotopic (exact) mass is 533 g/mol. The zero-order valence-corrected chi connectivity index (χ0v) is 23.5. The van der Waals surface area contributed by atoms with Gasteiger partial charge in [0, 0.05) is 30.8 Å². The van der Waals surface area contributed by atoms with Crippen LogP contribution in [0.3, 0.4) is 0 Å². The van der Waals surface area contributed by atoms with Gasteiger partial charge in [-0.1, -0.05) is 48.5 Å². The van der Waals surface area contributed by atoms with E-state index >= 15 is 0 Å². The van der Waals surface area contributed by atoms with Crippen molar-refractivity contribution in [2.75, 3.05) is 35.0 Å². The summed E-state index contributed by atoms with van der Waals surface area (Å²) in [5.74, 6) is 3.37. The summed E-state index contributed by atoms with van der Waals surface area (Å²) in [6, 6.07) is 33.2. The molecule has 5 nitrogen and oxygen atoms in total. The van der Waals surface area contributed by atoms with Gasteiger partial charge in [-0.15, -0.1) is 0 Å². The lowest BCUT2D eigenvalue weighted by Gasteiger charge is -2.35. The van der Waals surface area contributed by atoms with Crippen LogP contribution in [0.15, 0.2) is 109 Å². The molecule has 0 N–H and O–H groups in total. The van der Waals surface area contributed by atoms with E-state index in [9.17, 15) is 0 Å². The lowest BCUT2D eigenvalue weighted by Crippen LogP contribution is -2.29. The van der Waals surface area contributed by atoms with Gasteiger partial charge >= 0.3 is 0 Å². The maximum Gasteiger partial charge on any atom is 0.119 e. The van der Waals surface area contributed by atoms with Crippen LogP contribution in [-0.4, -0.2) is 39.9 Å². The van der Waals surface area contributed by atoms with Crippen molar-refractivity contribution in [1.29, 1.82) is 0 Å². The Bertz CT molecular complexity index is 1540. The number of nitrogens with zero attached hydrogens (tertiary/aromatic N) is 1. The Kier molecular flexibility index (Phi) is 8.41. The van der Waals surface area contributed by atoms with Gasteiger partial charge in [-0.3, -0.25) is 0 Å². The number of methoxy groups -OCH3 is 4. The maximum absolute atomic E-state index is 5.62. The Hall–Kier alpha value is -4.64. The maximum atomic E-state index is 5.62. The molecule has 0 saturated heterocycles. The minimum absolute atomic E-state index is 0.727. The van der Waals surface area contributed by atoms with Crippen LogP contribution in [-0.2, 0) is 13.0 Å². The molecule has 204 valence electrons. The molecule has 0 unspecified atom stereocenters. The summed E-state index contributed by atoms with van der Waals surface area (Å²) < 4.78 is 22.3. The van der Waals surface area contributed by atoms with E-state index in [2.05, 4.69) is 59.5 Å². The van der Waals surface area contributed by atoms with E-state index in [1.54, 1.807) is 28.4 Å². The number of rotatable bonds is 10. The van der Waals surface area contributed by atoms with Gasteiger partial charge in [-0.2, -0.15) is 0 Å². The van der Waals surface area contributed by atoms with E-state index in [4.69, 9.17) is 18.9 Å². The second kappa shape index (κ2) is 12.5. The van der Waals surface area contributed by atoms with Crippen LogP contribution in [0.1, 0.15) is 22.3 Å². The number of ether oxygens (including phenoxy) is 4. The minimum Gasteiger partial charge on any atom is -0.497 e. The highest BCUT2D eigenvalue weighted by Crippen LogP contribution is 2.37. The Labute approximate surface area is 236 Å². The first-order valence-corrected chi connectivity index (χ1v) is 13.3. The summed E-state index contributed by atoms with van der Waals surface area (Å²) in [5, 5.41) is 0. The zero-order chi connectivity index (χ0) is 27.9. The minimum atomic E-state index is 0.727. The third-order valence-corrected chi connectivity index (χ3v) is 7.21. The van der Waals surface area contributed by atoms with Crippen LogP contribution in [0, 0.1) is 0 Å². The number of hydrogen-bond acceptors (Lipinski definition) is 5. The van der Waals surface area contributed by atoms with Crippen molar-refractivity contribution in [3.8, 4) is 23.0 Å². The molecule has 4 aromatic carbocycles. The molecule has 0 aliphatic carbocycles. The van der Waals surface area contributed by atoms with Crippen LogP contribution < -0.4 is 18.9 Å². The normalized spacial score (nSPS) is 13.1. The summed E-state index contributed by atoms with van der Waals surface area (Å²) in [6.45, 7) is 1.47. The van der Waals surface area contributed by atoms with Crippen LogP contribution >= 0.6 is 0 Å². The first kappa shape index (κ1) is 26.9. The first-order valence-electron chi connectivity index (χ1n) is 13.3. The molecule has 5 heteroatoms. The summed E-state index contributed by atoms with van der Waals surface area (Å²) in [5.41, 5.74) is 8.21. The van der Waals surface area contributed by atoms with Gasteiger partial charge in [0.15, 0.2) is 0 Å². The average Bonchev–Trinajstić information content (AvgIpc) is 3.02. The van der Waals surface area contributed by atoms with E-state index in [1.165, 1.54) is 22.4 Å². The van der Waals surface area contributed by atoms with Crippen LogP contribution in [0.5, 0.6) is 23.0 Å². The fourth-order valence-electron chi connectivity index (χ4n) is 5.14. The smallest absolute Gasteiger partial charge is 0.119 e.